The molecule has 3 aromatic carbocycles. The minimum Gasteiger partial charge on any atom is -0.487 e. The molecule has 0 fully saturated rings. The Labute approximate surface area is 157 Å². The topological polar surface area (TPSA) is 22.1 Å². The zero-order chi connectivity index (χ0) is 18.5. The molecule has 0 N–H and O–H groups in total. The molecule has 0 aliphatic rings. The first-order valence-electron chi connectivity index (χ1n) is 8.79. The molecule has 0 spiro atoms. The standard InChI is InChI=1S/C24H18FNO/c25-22-11-5-4-9-19(22)13-15-21-16-14-20-10-6-12-23(24(20)26-21)27-17-18-7-2-1-3-8-18/h1-16H,17H2. The molecule has 0 radical (unpaired) electrons. The summed E-state index contributed by atoms with van der Waals surface area (Å²) >= 11 is 0. The van der Waals surface area contributed by atoms with Crippen molar-refractivity contribution in [3.05, 3.63) is 108 Å². The summed E-state index contributed by atoms with van der Waals surface area (Å²) in [5.74, 6) is 0.485. The lowest BCUT2D eigenvalue weighted by Crippen LogP contribution is -1.97. The second-order valence-corrected chi connectivity index (χ2v) is 6.19. The molecule has 0 atom stereocenters. The molecule has 132 valence electrons. The first kappa shape index (κ1) is 17.0. The summed E-state index contributed by atoms with van der Waals surface area (Å²) in [5, 5.41) is 1.00. The van der Waals surface area contributed by atoms with Gasteiger partial charge in [0.2, 0.25) is 0 Å². The van der Waals surface area contributed by atoms with Crippen LogP contribution < -0.4 is 4.74 Å². The van der Waals surface area contributed by atoms with E-state index in [9.17, 15) is 4.39 Å². The number of fused-ring (bicyclic) bond motifs is 1. The first-order chi connectivity index (χ1) is 13.3. The minimum atomic E-state index is -0.249. The van der Waals surface area contributed by atoms with Gasteiger partial charge in [-0.25, -0.2) is 9.37 Å². The van der Waals surface area contributed by atoms with Crippen molar-refractivity contribution in [1.29, 1.82) is 0 Å². The van der Waals surface area contributed by atoms with Gasteiger partial charge in [-0.2, -0.15) is 0 Å². The monoisotopic (exact) mass is 355 g/mol. The van der Waals surface area contributed by atoms with E-state index in [1.54, 1.807) is 18.2 Å². The van der Waals surface area contributed by atoms with Crippen LogP contribution in [0.25, 0.3) is 23.1 Å². The second-order valence-electron chi connectivity index (χ2n) is 6.19. The molecule has 3 heteroatoms. The van der Waals surface area contributed by atoms with Gasteiger partial charge >= 0.3 is 0 Å². The van der Waals surface area contributed by atoms with Gasteiger partial charge in [0.15, 0.2) is 0 Å². The first-order valence-corrected chi connectivity index (χ1v) is 8.79. The Bertz CT molecular complexity index is 1090. The fourth-order valence-electron chi connectivity index (χ4n) is 2.87. The molecule has 1 heterocycles. The summed E-state index contributed by atoms with van der Waals surface area (Å²) in [7, 11) is 0. The number of hydrogen-bond acceptors (Lipinski definition) is 2. The zero-order valence-corrected chi connectivity index (χ0v) is 14.7. The van der Waals surface area contributed by atoms with Crippen molar-refractivity contribution in [3.8, 4) is 5.75 Å². The second kappa shape index (κ2) is 7.83. The fraction of sp³-hybridized carbons (Fsp3) is 0.0417. The summed E-state index contributed by atoms with van der Waals surface area (Å²) in [6.45, 7) is 0.483. The molecule has 0 saturated heterocycles. The molecular weight excluding hydrogens is 337 g/mol. The average Bonchev–Trinajstić information content (AvgIpc) is 2.72. The van der Waals surface area contributed by atoms with Gasteiger partial charge in [0.25, 0.3) is 0 Å². The number of ether oxygens (including phenoxy) is 1. The number of benzene rings is 3. The van der Waals surface area contributed by atoms with Crippen LogP contribution in [-0.4, -0.2) is 4.98 Å². The largest absolute Gasteiger partial charge is 0.487 e. The van der Waals surface area contributed by atoms with Crippen LogP contribution in [0.15, 0.2) is 84.9 Å². The Morgan fingerprint density at radius 1 is 0.778 bits per heavy atom. The van der Waals surface area contributed by atoms with Crippen LogP contribution in [0, 0.1) is 5.82 Å². The van der Waals surface area contributed by atoms with E-state index in [4.69, 9.17) is 9.72 Å². The smallest absolute Gasteiger partial charge is 0.146 e. The van der Waals surface area contributed by atoms with Gasteiger partial charge in [-0.3, -0.25) is 0 Å². The number of rotatable bonds is 5. The highest BCUT2D eigenvalue weighted by Crippen LogP contribution is 2.25. The van der Waals surface area contributed by atoms with Gasteiger partial charge in [-0.15, -0.1) is 0 Å². The van der Waals surface area contributed by atoms with Crippen molar-refractivity contribution in [2.45, 2.75) is 6.61 Å². The molecule has 0 aliphatic carbocycles. The SMILES string of the molecule is Fc1ccccc1C=Cc1ccc2cccc(OCc3ccccc3)c2n1. The lowest BCUT2D eigenvalue weighted by molar-refractivity contribution is 0.309. The summed E-state index contributed by atoms with van der Waals surface area (Å²) in [6, 6.07) is 26.5. The van der Waals surface area contributed by atoms with Crippen molar-refractivity contribution in [1.82, 2.24) is 4.98 Å². The fourth-order valence-corrected chi connectivity index (χ4v) is 2.87. The van der Waals surface area contributed by atoms with Crippen LogP contribution in [0.4, 0.5) is 4.39 Å². The lowest BCUT2D eigenvalue weighted by Gasteiger charge is -2.09. The molecular formula is C24H18FNO. The van der Waals surface area contributed by atoms with Gasteiger partial charge in [0, 0.05) is 10.9 Å². The van der Waals surface area contributed by atoms with Crippen LogP contribution in [0.5, 0.6) is 5.75 Å². The molecule has 4 rings (SSSR count). The summed E-state index contributed by atoms with van der Waals surface area (Å²) in [6.07, 6.45) is 3.54. The van der Waals surface area contributed by atoms with Gasteiger partial charge < -0.3 is 4.74 Å². The van der Waals surface area contributed by atoms with Crippen molar-refractivity contribution in [3.63, 3.8) is 0 Å². The number of aromatic nitrogens is 1. The third kappa shape index (κ3) is 4.04. The molecule has 27 heavy (non-hydrogen) atoms. The van der Waals surface area contributed by atoms with E-state index in [0.29, 0.717) is 12.2 Å². The maximum Gasteiger partial charge on any atom is 0.146 e. The maximum absolute atomic E-state index is 13.8. The number of hydrogen-bond donors (Lipinski definition) is 0. The van der Waals surface area contributed by atoms with Crippen LogP contribution in [0.3, 0.4) is 0 Å². The highest BCUT2D eigenvalue weighted by Gasteiger charge is 2.05. The van der Waals surface area contributed by atoms with E-state index >= 15 is 0 Å². The summed E-state index contributed by atoms with van der Waals surface area (Å²) < 4.78 is 19.8. The van der Waals surface area contributed by atoms with Gasteiger partial charge in [-0.05, 0) is 35.9 Å². The highest BCUT2D eigenvalue weighted by atomic mass is 19.1. The van der Waals surface area contributed by atoms with Crippen molar-refractivity contribution < 1.29 is 9.13 Å². The van der Waals surface area contributed by atoms with E-state index in [-0.39, 0.29) is 5.82 Å². The highest BCUT2D eigenvalue weighted by molar-refractivity contribution is 5.86. The van der Waals surface area contributed by atoms with Crippen LogP contribution >= 0.6 is 0 Å². The zero-order valence-electron chi connectivity index (χ0n) is 14.7. The van der Waals surface area contributed by atoms with Crippen molar-refractivity contribution in [2.24, 2.45) is 0 Å². The van der Waals surface area contributed by atoms with Crippen molar-refractivity contribution in [2.75, 3.05) is 0 Å². The lowest BCUT2D eigenvalue weighted by atomic mass is 10.1. The molecule has 0 bridgehead atoms. The van der Waals surface area contributed by atoms with Crippen LogP contribution in [0.1, 0.15) is 16.8 Å². The molecule has 2 nitrogen and oxygen atoms in total. The summed E-state index contributed by atoms with van der Waals surface area (Å²) in [4.78, 5) is 4.70. The predicted octanol–water partition coefficient (Wildman–Crippen LogP) is 6.12. The van der Waals surface area contributed by atoms with Crippen LogP contribution in [-0.2, 0) is 6.61 Å². The third-order valence-electron chi connectivity index (χ3n) is 4.28. The molecule has 1 aromatic heterocycles. The van der Waals surface area contributed by atoms with E-state index in [1.165, 1.54) is 6.07 Å². The van der Waals surface area contributed by atoms with Gasteiger partial charge in [-0.1, -0.05) is 66.7 Å². The Kier molecular flexibility index (Phi) is 4.93. The molecule has 0 saturated carbocycles. The Morgan fingerprint density at radius 2 is 1.59 bits per heavy atom. The van der Waals surface area contributed by atoms with Crippen molar-refractivity contribution >= 4 is 23.1 Å². The van der Waals surface area contributed by atoms with E-state index in [2.05, 4.69) is 0 Å². The van der Waals surface area contributed by atoms with E-state index in [1.807, 2.05) is 72.8 Å². The molecule has 0 aliphatic heterocycles. The minimum absolute atomic E-state index is 0.249. The molecule has 0 amide bonds. The third-order valence-corrected chi connectivity index (χ3v) is 4.28. The van der Waals surface area contributed by atoms with Gasteiger partial charge in [0.05, 0.1) is 5.69 Å². The summed E-state index contributed by atoms with van der Waals surface area (Å²) in [5.41, 5.74) is 3.18. The average molecular weight is 355 g/mol. The normalized spacial score (nSPS) is 11.1. The quantitative estimate of drug-likeness (QED) is 0.430. The number of para-hydroxylation sites is 1. The predicted molar refractivity (Wildman–Crippen MR) is 108 cm³/mol. The molecule has 0 unspecified atom stereocenters. The maximum atomic E-state index is 13.8. The van der Waals surface area contributed by atoms with E-state index in [0.717, 1.165) is 27.9 Å². The van der Waals surface area contributed by atoms with Gasteiger partial charge in [0.1, 0.15) is 23.7 Å². The number of pyridine rings is 1. The number of nitrogens with zero attached hydrogens (tertiary/aromatic N) is 1. The Hall–Kier alpha value is -3.46. The Morgan fingerprint density at radius 3 is 2.44 bits per heavy atom. The van der Waals surface area contributed by atoms with E-state index < -0.39 is 0 Å². The Balaban J connectivity index is 1.62. The molecule has 4 aromatic rings. The number of halogens is 1. The van der Waals surface area contributed by atoms with Crippen LogP contribution in [0.2, 0.25) is 0 Å².